The fourth-order valence-electron chi connectivity index (χ4n) is 4.04. The Morgan fingerprint density at radius 3 is 2.52 bits per heavy atom. The molecule has 25 heavy (non-hydrogen) atoms. The topological polar surface area (TPSA) is 45.2 Å². The van der Waals surface area contributed by atoms with Crippen molar-refractivity contribution in [2.24, 2.45) is 0 Å². The number of anilines is 2. The summed E-state index contributed by atoms with van der Waals surface area (Å²) in [7, 11) is 0. The largest absolute Gasteiger partial charge is 0.368 e. The van der Waals surface area contributed by atoms with Crippen molar-refractivity contribution in [1.29, 1.82) is 0 Å². The van der Waals surface area contributed by atoms with Crippen LogP contribution in [0.25, 0.3) is 10.2 Å². The van der Waals surface area contributed by atoms with Gasteiger partial charge in [0.2, 0.25) is 0 Å². The first-order valence-corrected chi connectivity index (χ1v) is 9.80. The first kappa shape index (κ1) is 15.1. The summed E-state index contributed by atoms with van der Waals surface area (Å²) in [6.07, 6.45) is 7.41. The lowest BCUT2D eigenvalue weighted by Gasteiger charge is -2.37. The molecule has 5 rings (SSSR count). The highest BCUT2D eigenvalue weighted by Gasteiger charge is 2.26. The van der Waals surface area contributed by atoms with Crippen molar-refractivity contribution >= 4 is 33.1 Å². The SMILES string of the molecule is Cc1nc(N2CCN(c3ccncc3)CC2)c2c3c(sc2n1)CCC3. The van der Waals surface area contributed by atoms with Crippen LogP contribution in [0.2, 0.25) is 0 Å². The molecule has 0 bridgehead atoms. The van der Waals surface area contributed by atoms with Crippen LogP contribution in [0.1, 0.15) is 22.7 Å². The first-order chi connectivity index (χ1) is 12.3. The van der Waals surface area contributed by atoms with Crippen molar-refractivity contribution < 1.29 is 0 Å². The summed E-state index contributed by atoms with van der Waals surface area (Å²) in [6.45, 7) is 6.04. The summed E-state index contributed by atoms with van der Waals surface area (Å²) >= 11 is 1.88. The number of fused-ring (bicyclic) bond motifs is 3. The zero-order valence-corrected chi connectivity index (χ0v) is 15.2. The molecule has 0 spiro atoms. The molecule has 1 aliphatic carbocycles. The fraction of sp³-hybridized carbons (Fsp3) is 0.421. The van der Waals surface area contributed by atoms with Gasteiger partial charge in [-0.25, -0.2) is 9.97 Å². The molecule has 5 nitrogen and oxygen atoms in total. The lowest BCUT2D eigenvalue weighted by atomic mass is 10.1. The summed E-state index contributed by atoms with van der Waals surface area (Å²) in [5.74, 6) is 2.05. The molecule has 0 amide bonds. The van der Waals surface area contributed by atoms with E-state index >= 15 is 0 Å². The molecule has 1 saturated heterocycles. The molecule has 0 radical (unpaired) electrons. The van der Waals surface area contributed by atoms with Crippen molar-refractivity contribution in [2.75, 3.05) is 36.0 Å². The number of piperazine rings is 1. The minimum atomic E-state index is 0.888. The Labute approximate surface area is 151 Å². The van der Waals surface area contributed by atoms with E-state index in [4.69, 9.17) is 9.97 Å². The van der Waals surface area contributed by atoms with Gasteiger partial charge in [-0.1, -0.05) is 0 Å². The van der Waals surface area contributed by atoms with E-state index in [2.05, 4.69) is 26.9 Å². The van der Waals surface area contributed by atoms with E-state index < -0.39 is 0 Å². The monoisotopic (exact) mass is 351 g/mol. The molecule has 4 heterocycles. The predicted molar refractivity (Wildman–Crippen MR) is 103 cm³/mol. The van der Waals surface area contributed by atoms with Crippen molar-refractivity contribution in [3.05, 3.63) is 40.8 Å². The van der Waals surface area contributed by atoms with Gasteiger partial charge in [0.15, 0.2) is 0 Å². The Hall–Kier alpha value is -2.21. The maximum absolute atomic E-state index is 4.87. The van der Waals surface area contributed by atoms with Crippen molar-refractivity contribution in [2.45, 2.75) is 26.2 Å². The molecule has 3 aromatic rings. The number of hydrogen-bond donors (Lipinski definition) is 0. The van der Waals surface area contributed by atoms with Crippen LogP contribution in [0.4, 0.5) is 11.5 Å². The number of aryl methyl sites for hydroxylation is 3. The lowest BCUT2D eigenvalue weighted by molar-refractivity contribution is 0.647. The van der Waals surface area contributed by atoms with Gasteiger partial charge in [-0.2, -0.15) is 0 Å². The smallest absolute Gasteiger partial charge is 0.141 e. The fourth-order valence-corrected chi connectivity index (χ4v) is 5.34. The van der Waals surface area contributed by atoms with E-state index in [1.807, 2.05) is 30.7 Å². The van der Waals surface area contributed by atoms with Gasteiger partial charge in [0.25, 0.3) is 0 Å². The minimum absolute atomic E-state index is 0.888. The van der Waals surface area contributed by atoms with Gasteiger partial charge >= 0.3 is 0 Å². The highest BCUT2D eigenvalue weighted by Crippen LogP contribution is 2.40. The molecular formula is C19H21N5S. The number of thiophene rings is 1. The second kappa shape index (κ2) is 5.95. The van der Waals surface area contributed by atoms with E-state index in [-0.39, 0.29) is 0 Å². The summed E-state index contributed by atoms with van der Waals surface area (Å²) in [6, 6.07) is 4.18. The zero-order valence-electron chi connectivity index (χ0n) is 14.4. The normalized spacial score (nSPS) is 17.3. The van der Waals surface area contributed by atoms with Crippen LogP contribution in [0.3, 0.4) is 0 Å². The molecule has 0 unspecified atom stereocenters. The van der Waals surface area contributed by atoms with Crippen molar-refractivity contribution in [3.63, 3.8) is 0 Å². The van der Waals surface area contributed by atoms with Gasteiger partial charge < -0.3 is 9.80 Å². The molecule has 0 saturated carbocycles. The third-order valence-electron chi connectivity index (χ3n) is 5.26. The average Bonchev–Trinajstić information content (AvgIpc) is 3.22. The molecule has 1 aliphatic heterocycles. The van der Waals surface area contributed by atoms with Gasteiger partial charge in [0, 0.05) is 49.1 Å². The second-order valence-corrected chi connectivity index (χ2v) is 7.90. The summed E-state index contributed by atoms with van der Waals surface area (Å²) in [5.41, 5.74) is 2.78. The van der Waals surface area contributed by atoms with Crippen LogP contribution in [0, 0.1) is 6.92 Å². The second-order valence-electron chi connectivity index (χ2n) is 6.81. The molecule has 3 aromatic heterocycles. The Morgan fingerprint density at radius 1 is 0.960 bits per heavy atom. The van der Waals surface area contributed by atoms with Gasteiger partial charge in [-0.15, -0.1) is 11.3 Å². The van der Waals surface area contributed by atoms with Gasteiger partial charge in [0.1, 0.15) is 16.5 Å². The molecule has 2 aliphatic rings. The number of pyridine rings is 1. The van der Waals surface area contributed by atoms with Crippen LogP contribution < -0.4 is 9.80 Å². The lowest BCUT2D eigenvalue weighted by Crippen LogP contribution is -2.47. The van der Waals surface area contributed by atoms with E-state index in [0.29, 0.717) is 0 Å². The number of aromatic nitrogens is 3. The Morgan fingerprint density at radius 2 is 1.72 bits per heavy atom. The highest BCUT2D eigenvalue weighted by molar-refractivity contribution is 7.19. The number of nitrogens with zero attached hydrogens (tertiary/aromatic N) is 5. The van der Waals surface area contributed by atoms with E-state index in [1.165, 1.54) is 45.6 Å². The predicted octanol–water partition coefficient (Wildman–Crippen LogP) is 3.21. The number of rotatable bonds is 2. The minimum Gasteiger partial charge on any atom is -0.368 e. The van der Waals surface area contributed by atoms with Crippen LogP contribution in [-0.2, 0) is 12.8 Å². The third kappa shape index (κ3) is 2.56. The summed E-state index contributed by atoms with van der Waals surface area (Å²) < 4.78 is 0. The molecule has 0 atom stereocenters. The van der Waals surface area contributed by atoms with Gasteiger partial charge in [0.05, 0.1) is 5.39 Å². The maximum atomic E-state index is 4.87. The Bertz CT molecular complexity index is 912. The van der Waals surface area contributed by atoms with Crippen molar-refractivity contribution in [1.82, 2.24) is 15.0 Å². The quantitative estimate of drug-likeness (QED) is 0.709. The van der Waals surface area contributed by atoms with E-state index in [9.17, 15) is 0 Å². The third-order valence-corrected chi connectivity index (χ3v) is 6.45. The molecule has 0 N–H and O–H groups in total. The van der Waals surface area contributed by atoms with E-state index in [1.54, 1.807) is 0 Å². The average molecular weight is 351 g/mol. The van der Waals surface area contributed by atoms with Crippen molar-refractivity contribution in [3.8, 4) is 0 Å². The summed E-state index contributed by atoms with van der Waals surface area (Å²) in [4.78, 5) is 21.3. The molecular weight excluding hydrogens is 330 g/mol. The Kier molecular flexibility index (Phi) is 3.59. The van der Waals surface area contributed by atoms with Crippen LogP contribution in [0.5, 0.6) is 0 Å². The van der Waals surface area contributed by atoms with Gasteiger partial charge in [-0.3, -0.25) is 4.98 Å². The molecule has 0 aromatic carbocycles. The summed E-state index contributed by atoms with van der Waals surface area (Å²) in [5, 5.41) is 1.33. The first-order valence-electron chi connectivity index (χ1n) is 8.98. The standard InChI is InChI=1S/C19H21N5S/c1-13-21-18(17-15-3-2-4-16(15)25-19(17)22-13)24-11-9-23(10-12-24)14-5-7-20-8-6-14/h5-8H,2-4,9-12H2,1H3. The number of hydrogen-bond acceptors (Lipinski definition) is 6. The van der Waals surface area contributed by atoms with Gasteiger partial charge in [-0.05, 0) is 43.9 Å². The Balaban J connectivity index is 1.46. The van der Waals surface area contributed by atoms with Crippen LogP contribution >= 0.6 is 11.3 Å². The zero-order chi connectivity index (χ0) is 16.8. The molecule has 6 heteroatoms. The molecule has 128 valence electrons. The maximum Gasteiger partial charge on any atom is 0.141 e. The van der Waals surface area contributed by atoms with E-state index in [0.717, 1.165) is 37.8 Å². The van der Waals surface area contributed by atoms with Crippen LogP contribution in [-0.4, -0.2) is 41.1 Å². The molecule has 1 fully saturated rings. The highest BCUT2D eigenvalue weighted by atomic mass is 32.1. The van der Waals surface area contributed by atoms with Crippen LogP contribution in [0.15, 0.2) is 24.5 Å².